The lowest BCUT2D eigenvalue weighted by atomic mass is 9.69. The van der Waals surface area contributed by atoms with Gasteiger partial charge in [0.2, 0.25) is 0 Å². The summed E-state index contributed by atoms with van der Waals surface area (Å²) in [5.74, 6) is 0. The third-order valence-corrected chi connectivity index (χ3v) is 11.8. The normalized spacial score (nSPS) is 15.3. The fraction of sp³-hybridized carbons (Fsp3) is 0.0667. The second-order valence-corrected chi connectivity index (χ2v) is 13.8. The van der Waals surface area contributed by atoms with Crippen molar-refractivity contribution in [1.82, 2.24) is 0 Å². The highest BCUT2D eigenvalue weighted by atomic mass is 32.2. The third-order valence-electron chi connectivity index (χ3n) is 10.6. The Bertz CT molecular complexity index is 2430. The predicted molar refractivity (Wildman–Crippen MR) is 194 cm³/mol. The summed E-state index contributed by atoms with van der Waals surface area (Å²) in [7, 11) is 0. The molecule has 0 amide bonds. The lowest BCUT2D eigenvalue weighted by molar-refractivity contribution is 0.801. The zero-order valence-corrected chi connectivity index (χ0v) is 26.6. The molecule has 1 spiro atoms. The van der Waals surface area contributed by atoms with Gasteiger partial charge in [0.1, 0.15) is 0 Å². The van der Waals surface area contributed by atoms with E-state index >= 15 is 0 Å². The van der Waals surface area contributed by atoms with Crippen molar-refractivity contribution in [2.75, 3.05) is 0 Å². The summed E-state index contributed by atoms with van der Waals surface area (Å²) < 4.78 is 0. The molecular formula is C45H30S. The van der Waals surface area contributed by atoms with Crippen LogP contribution < -0.4 is 0 Å². The maximum absolute atomic E-state index is 2.53. The molecule has 0 N–H and O–H groups in total. The fourth-order valence-electron chi connectivity index (χ4n) is 8.79. The monoisotopic (exact) mass is 602 g/mol. The third kappa shape index (κ3) is 3.21. The average Bonchev–Trinajstić information content (AvgIpc) is 3.58. The van der Waals surface area contributed by atoms with Crippen LogP contribution in [0.25, 0.3) is 49.7 Å². The van der Waals surface area contributed by atoms with E-state index in [0.717, 1.165) is 0 Å². The Kier molecular flexibility index (Phi) is 5.37. The van der Waals surface area contributed by atoms with Gasteiger partial charge in [0, 0.05) is 9.79 Å². The Balaban J connectivity index is 1.29. The van der Waals surface area contributed by atoms with E-state index in [0.29, 0.717) is 0 Å². The molecule has 3 aliphatic rings. The van der Waals surface area contributed by atoms with Gasteiger partial charge in [0.25, 0.3) is 0 Å². The number of hydrogen-bond acceptors (Lipinski definition) is 1. The first-order valence-electron chi connectivity index (χ1n) is 16.1. The lowest BCUT2D eigenvalue weighted by Gasteiger charge is -2.32. The topological polar surface area (TPSA) is 0 Å². The highest BCUT2D eigenvalue weighted by molar-refractivity contribution is 7.99. The number of rotatable bonds is 1. The van der Waals surface area contributed by atoms with Gasteiger partial charge in [-0.15, -0.1) is 0 Å². The first-order valence-corrected chi connectivity index (χ1v) is 17.0. The number of aryl methyl sites for hydroxylation is 1. The smallest absolute Gasteiger partial charge is 0.0731 e. The Labute approximate surface area is 274 Å². The highest BCUT2D eigenvalue weighted by Crippen LogP contribution is 2.64. The van der Waals surface area contributed by atoms with Crippen LogP contribution in [-0.4, -0.2) is 0 Å². The van der Waals surface area contributed by atoms with Crippen molar-refractivity contribution in [2.24, 2.45) is 0 Å². The van der Waals surface area contributed by atoms with Crippen LogP contribution in [0.5, 0.6) is 0 Å². The van der Waals surface area contributed by atoms with E-state index in [9.17, 15) is 0 Å². The standard InChI is InChI=1S/C45H30S/c1-3-30-37-18-11-17-32(44(37)46-41-21-10-12-27(2)42(30)41)29-23-24-35-36-25-22-28-13-4-5-14-31(28)43(36)45(40(35)26-29)38-19-8-6-15-33(38)34-16-7-9-20-39(34)45/h3-26H,1-2H3/b30-3-. The Morgan fingerprint density at radius 1 is 0.543 bits per heavy atom. The van der Waals surface area contributed by atoms with Crippen molar-refractivity contribution in [3.05, 3.63) is 185 Å². The van der Waals surface area contributed by atoms with Crippen molar-refractivity contribution >= 4 is 28.1 Å². The molecule has 0 radical (unpaired) electrons. The van der Waals surface area contributed by atoms with Crippen LogP contribution in [0.15, 0.2) is 155 Å². The van der Waals surface area contributed by atoms with Gasteiger partial charge in [-0.25, -0.2) is 0 Å². The van der Waals surface area contributed by atoms with Gasteiger partial charge in [0.05, 0.1) is 5.41 Å². The second kappa shape index (κ2) is 9.45. The number of hydrogen-bond donors (Lipinski definition) is 0. The average molecular weight is 603 g/mol. The summed E-state index contributed by atoms with van der Waals surface area (Å²) in [5.41, 5.74) is 18.5. The van der Waals surface area contributed by atoms with Gasteiger partial charge < -0.3 is 0 Å². The van der Waals surface area contributed by atoms with E-state index in [1.165, 1.54) is 98.5 Å². The van der Waals surface area contributed by atoms with Gasteiger partial charge in [0.15, 0.2) is 0 Å². The molecular weight excluding hydrogens is 573 g/mol. The summed E-state index contributed by atoms with van der Waals surface area (Å²) in [5, 5.41) is 2.62. The van der Waals surface area contributed by atoms with Gasteiger partial charge in [-0.05, 0) is 115 Å². The molecule has 0 fully saturated rings. The molecule has 0 saturated carbocycles. The van der Waals surface area contributed by atoms with E-state index < -0.39 is 5.41 Å². The van der Waals surface area contributed by atoms with Gasteiger partial charge >= 0.3 is 0 Å². The summed E-state index contributed by atoms with van der Waals surface area (Å²) in [6.07, 6.45) is 2.29. The van der Waals surface area contributed by atoms with Gasteiger partial charge in [-0.1, -0.05) is 145 Å². The quantitative estimate of drug-likeness (QED) is 0.180. The molecule has 1 heteroatoms. The molecule has 1 aliphatic heterocycles. The zero-order chi connectivity index (χ0) is 30.6. The first kappa shape index (κ1) is 26.1. The van der Waals surface area contributed by atoms with Gasteiger partial charge in [-0.2, -0.15) is 0 Å². The molecule has 46 heavy (non-hydrogen) atoms. The Morgan fingerprint density at radius 3 is 2.00 bits per heavy atom. The van der Waals surface area contributed by atoms with Crippen LogP contribution in [0.2, 0.25) is 0 Å². The lowest BCUT2D eigenvalue weighted by Crippen LogP contribution is -2.26. The van der Waals surface area contributed by atoms with Crippen molar-refractivity contribution in [3.63, 3.8) is 0 Å². The fourth-order valence-corrected chi connectivity index (χ4v) is 10.1. The van der Waals surface area contributed by atoms with E-state index in [-0.39, 0.29) is 0 Å². The van der Waals surface area contributed by atoms with Crippen LogP contribution in [-0.2, 0) is 5.41 Å². The predicted octanol–water partition coefficient (Wildman–Crippen LogP) is 12.1. The molecule has 0 atom stereocenters. The molecule has 7 aromatic rings. The number of fused-ring (bicyclic) bond motifs is 14. The van der Waals surface area contributed by atoms with Crippen LogP contribution in [0, 0.1) is 6.92 Å². The first-order chi connectivity index (χ1) is 22.7. The van der Waals surface area contributed by atoms with E-state index in [1.807, 2.05) is 11.8 Å². The summed E-state index contributed by atoms with van der Waals surface area (Å²) in [6.45, 7) is 4.41. The second-order valence-electron chi connectivity index (χ2n) is 12.7. The number of allylic oxidation sites excluding steroid dienone is 1. The highest BCUT2D eigenvalue weighted by Gasteiger charge is 2.52. The molecule has 0 saturated heterocycles. The van der Waals surface area contributed by atoms with Crippen LogP contribution in [0.3, 0.4) is 0 Å². The molecule has 7 aromatic carbocycles. The van der Waals surface area contributed by atoms with E-state index in [1.54, 1.807) is 0 Å². The van der Waals surface area contributed by atoms with E-state index in [2.05, 4.69) is 159 Å². The molecule has 1 heterocycles. The molecule has 2 aliphatic carbocycles. The van der Waals surface area contributed by atoms with Gasteiger partial charge in [-0.3, -0.25) is 0 Å². The zero-order valence-electron chi connectivity index (χ0n) is 25.8. The maximum atomic E-state index is 2.53. The van der Waals surface area contributed by atoms with Crippen LogP contribution >= 0.6 is 11.8 Å². The summed E-state index contributed by atoms with van der Waals surface area (Å²) >= 11 is 1.92. The van der Waals surface area contributed by atoms with Crippen molar-refractivity contribution < 1.29 is 0 Å². The summed E-state index contributed by atoms with van der Waals surface area (Å²) in [4.78, 5) is 2.68. The van der Waals surface area contributed by atoms with Crippen molar-refractivity contribution in [1.29, 1.82) is 0 Å². The molecule has 216 valence electrons. The molecule has 0 unspecified atom stereocenters. The minimum absolute atomic E-state index is 0.394. The SMILES string of the molecule is C/C=C1/c2cccc(-c3ccc4c(c3)C3(c5ccccc5-c5ccccc53)c3c-4ccc4ccccc34)c2Sc2cccc(C)c21. The molecule has 0 aromatic heterocycles. The van der Waals surface area contributed by atoms with Crippen molar-refractivity contribution in [2.45, 2.75) is 29.1 Å². The van der Waals surface area contributed by atoms with Crippen LogP contribution in [0.1, 0.15) is 45.9 Å². The van der Waals surface area contributed by atoms with Crippen LogP contribution in [0.4, 0.5) is 0 Å². The van der Waals surface area contributed by atoms with E-state index in [4.69, 9.17) is 0 Å². The largest absolute Gasteiger partial charge is 0.0881 e. The number of benzene rings is 7. The molecule has 0 bridgehead atoms. The minimum atomic E-state index is -0.394. The van der Waals surface area contributed by atoms with Crippen molar-refractivity contribution in [3.8, 4) is 33.4 Å². The molecule has 10 rings (SSSR count). The Morgan fingerprint density at radius 2 is 1.20 bits per heavy atom. The summed E-state index contributed by atoms with van der Waals surface area (Å²) in [6, 6.07) is 52.7. The minimum Gasteiger partial charge on any atom is -0.0881 e. The Hall–Kier alpha value is -5.11. The maximum Gasteiger partial charge on any atom is 0.0731 e. The molecule has 0 nitrogen and oxygen atoms in total.